The molecule has 0 saturated carbocycles. The number of carbonyl (C=O) groups is 2. The Bertz CT molecular complexity index is 495. The molecule has 1 saturated heterocycles. The van der Waals surface area contributed by atoms with Crippen molar-refractivity contribution in [2.24, 2.45) is 0 Å². The molecule has 2 N–H and O–H groups in total. The molecule has 1 aromatic heterocycles. The second-order valence-corrected chi connectivity index (χ2v) is 7.18. The first-order valence-electron chi connectivity index (χ1n) is 8.23. The number of ether oxygens (including phenoxy) is 1. The normalized spacial score (nSPS) is 16.9. The summed E-state index contributed by atoms with van der Waals surface area (Å²) in [6, 6.07) is 4.20. The molecule has 0 radical (unpaired) electrons. The van der Waals surface area contributed by atoms with Crippen molar-refractivity contribution in [3.63, 3.8) is 0 Å². The van der Waals surface area contributed by atoms with E-state index in [1.54, 1.807) is 11.3 Å². The minimum atomic E-state index is -0.872. The average molecular weight is 339 g/mol. The van der Waals surface area contributed by atoms with E-state index in [1.165, 1.54) is 4.88 Å². The molecular weight excluding hydrogens is 314 g/mol. The van der Waals surface area contributed by atoms with Crippen LogP contribution in [0, 0.1) is 0 Å². The highest BCUT2D eigenvalue weighted by Gasteiger charge is 2.36. The Balaban J connectivity index is 1.68. The number of rotatable bonds is 9. The lowest BCUT2D eigenvalue weighted by Crippen LogP contribution is -2.53. The summed E-state index contributed by atoms with van der Waals surface area (Å²) in [6.07, 6.45) is 5.60. The maximum atomic E-state index is 12.1. The number of aryl methyl sites for hydroxylation is 1. The van der Waals surface area contributed by atoms with Crippen molar-refractivity contribution in [2.45, 2.75) is 56.9 Å². The SMILES string of the molecule is O=C(O)CC1(NC(=O)CCCCCc2cccs2)CCOCC1. The highest BCUT2D eigenvalue weighted by Crippen LogP contribution is 2.25. The van der Waals surface area contributed by atoms with E-state index in [1.807, 2.05) is 0 Å². The lowest BCUT2D eigenvalue weighted by atomic mass is 9.86. The highest BCUT2D eigenvalue weighted by molar-refractivity contribution is 7.09. The maximum absolute atomic E-state index is 12.1. The number of amides is 1. The number of carbonyl (C=O) groups excluding carboxylic acids is 1. The first kappa shape index (κ1) is 17.9. The van der Waals surface area contributed by atoms with Crippen LogP contribution in [0.2, 0.25) is 0 Å². The van der Waals surface area contributed by atoms with Crippen molar-refractivity contribution in [1.29, 1.82) is 0 Å². The van der Waals surface area contributed by atoms with Crippen molar-refractivity contribution in [3.05, 3.63) is 22.4 Å². The van der Waals surface area contributed by atoms with Gasteiger partial charge in [-0.15, -0.1) is 11.3 Å². The number of hydrogen-bond donors (Lipinski definition) is 2. The summed E-state index contributed by atoms with van der Waals surface area (Å²) in [5.74, 6) is -0.910. The fourth-order valence-corrected chi connectivity index (χ4v) is 3.72. The summed E-state index contributed by atoms with van der Waals surface area (Å²) in [7, 11) is 0. The Labute approximate surface area is 141 Å². The van der Waals surface area contributed by atoms with E-state index >= 15 is 0 Å². The molecule has 6 heteroatoms. The van der Waals surface area contributed by atoms with Gasteiger partial charge < -0.3 is 15.2 Å². The summed E-state index contributed by atoms with van der Waals surface area (Å²) in [5, 5.41) is 14.1. The Kier molecular flexibility index (Phi) is 7.05. The summed E-state index contributed by atoms with van der Waals surface area (Å²) in [4.78, 5) is 24.6. The molecule has 0 atom stereocenters. The van der Waals surface area contributed by atoms with Gasteiger partial charge in [-0.3, -0.25) is 9.59 Å². The lowest BCUT2D eigenvalue weighted by molar-refractivity contribution is -0.140. The smallest absolute Gasteiger partial charge is 0.305 e. The van der Waals surface area contributed by atoms with E-state index in [2.05, 4.69) is 22.8 Å². The van der Waals surface area contributed by atoms with Gasteiger partial charge in [0.15, 0.2) is 0 Å². The fourth-order valence-electron chi connectivity index (χ4n) is 2.97. The van der Waals surface area contributed by atoms with Gasteiger partial charge in [-0.2, -0.15) is 0 Å². The van der Waals surface area contributed by atoms with E-state index in [4.69, 9.17) is 9.84 Å². The largest absolute Gasteiger partial charge is 0.481 e. The molecule has 2 rings (SSSR count). The fraction of sp³-hybridized carbons (Fsp3) is 0.647. The Morgan fingerprint density at radius 1 is 1.26 bits per heavy atom. The Morgan fingerprint density at radius 3 is 2.70 bits per heavy atom. The van der Waals surface area contributed by atoms with Crippen LogP contribution < -0.4 is 5.32 Å². The molecule has 1 aliphatic rings. The van der Waals surface area contributed by atoms with Gasteiger partial charge in [0, 0.05) is 24.5 Å². The van der Waals surface area contributed by atoms with Crippen LogP contribution in [0.4, 0.5) is 0 Å². The first-order chi connectivity index (χ1) is 11.1. The van der Waals surface area contributed by atoms with Crippen LogP contribution in [-0.2, 0) is 20.7 Å². The average Bonchev–Trinajstić information content (AvgIpc) is 3.00. The van der Waals surface area contributed by atoms with Gasteiger partial charge in [0.1, 0.15) is 0 Å². The predicted octanol–water partition coefficient (Wildman–Crippen LogP) is 2.99. The summed E-state index contributed by atoms with van der Waals surface area (Å²) in [6.45, 7) is 1.02. The standard InChI is InChI=1S/C17H25NO4S/c19-15(7-3-1-2-5-14-6-4-12-23-14)18-17(13-16(20)21)8-10-22-11-9-17/h4,6,12H,1-3,5,7-11,13H2,(H,18,19)(H,20,21). The number of thiophene rings is 1. The molecule has 1 amide bonds. The van der Waals surface area contributed by atoms with Gasteiger partial charge in [0.25, 0.3) is 0 Å². The molecule has 128 valence electrons. The number of unbranched alkanes of at least 4 members (excludes halogenated alkanes) is 2. The molecule has 0 aromatic carbocycles. The van der Waals surface area contributed by atoms with E-state index in [0.29, 0.717) is 32.5 Å². The molecule has 0 aliphatic carbocycles. The minimum absolute atomic E-state index is 0.0273. The van der Waals surface area contributed by atoms with E-state index in [0.717, 1.165) is 25.7 Å². The van der Waals surface area contributed by atoms with Crippen LogP contribution in [0.5, 0.6) is 0 Å². The third-order valence-corrected chi connectivity index (χ3v) is 5.19. The van der Waals surface area contributed by atoms with Crippen molar-refractivity contribution < 1.29 is 19.4 Å². The zero-order valence-electron chi connectivity index (χ0n) is 13.4. The molecule has 0 unspecified atom stereocenters. The van der Waals surface area contributed by atoms with Crippen LogP contribution in [0.25, 0.3) is 0 Å². The predicted molar refractivity (Wildman–Crippen MR) is 89.7 cm³/mol. The monoisotopic (exact) mass is 339 g/mol. The van der Waals surface area contributed by atoms with Crippen molar-refractivity contribution in [1.82, 2.24) is 5.32 Å². The third-order valence-electron chi connectivity index (χ3n) is 4.25. The summed E-state index contributed by atoms with van der Waals surface area (Å²) < 4.78 is 5.29. The molecule has 0 spiro atoms. The van der Waals surface area contributed by atoms with Crippen LogP contribution in [0.3, 0.4) is 0 Å². The number of hydrogen-bond acceptors (Lipinski definition) is 4. The topological polar surface area (TPSA) is 75.6 Å². The minimum Gasteiger partial charge on any atom is -0.481 e. The molecule has 5 nitrogen and oxygen atoms in total. The van der Waals surface area contributed by atoms with Crippen LogP contribution in [0.15, 0.2) is 17.5 Å². The lowest BCUT2D eigenvalue weighted by Gasteiger charge is -2.36. The van der Waals surface area contributed by atoms with E-state index in [9.17, 15) is 9.59 Å². The molecule has 1 fully saturated rings. The van der Waals surface area contributed by atoms with Crippen LogP contribution in [0.1, 0.15) is 49.8 Å². The number of carboxylic acid groups (broad SMARTS) is 1. The number of carboxylic acids is 1. The van der Waals surface area contributed by atoms with E-state index < -0.39 is 11.5 Å². The van der Waals surface area contributed by atoms with E-state index in [-0.39, 0.29) is 12.3 Å². The molecule has 23 heavy (non-hydrogen) atoms. The van der Waals surface area contributed by atoms with Gasteiger partial charge in [-0.25, -0.2) is 0 Å². The Morgan fingerprint density at radius 2 is 2.04 bits per heavy atom. The van der Waals surface area contributed by atoms with Gasteiger partial charge in [0.2, 0.25) is 5.91 Å². The van der Waals surface area contributed by atoms with Crippen molar-refractivity contribution in [2.75, 3.05) is 13.2 Å². The third kappa shape index (κ3) is 6.31. The molecule has 1 aromatic rings. The number of aliphatic carboxylic acids is 1. The Hall–Kier alpha value is -1.40. The summed E-state index contributed by atoms with van der Waals surface area (Å²) >= 11 is 1.77. The van der Waals surface area contributed by atoms with Crippen LogP contribution >= 0.6 is 11.3 Å². The van der Waals surface area contributed by atoms with Gasteiger partial charge in [-0.1, -0.05) is 12.5 Å². The van der Waals surface area contributed by atoms with Crippen molar-refractivity contribution in [3.8, 4) is 0 Å². The molecule has 2 heterocycles. The van der Waals surface area contributed by atoms with Crippen LogP contribution in [-0.4, -0.2) is 35.7 Å². The van der Waals surface area contributed by atoms with Gasteiger partial charge in [0.05, 0.1) is 12.0 Å². The van der Waals surface area contributed by atoms with Gasteiger partial charge in [-0.05, 0) is 43.6 Å². The van der Waals surface area contributed by atoms with Crippen molar-refractivity contribution >= 4 is 23.2 Å². The number of nitrogens with one attached hydrogen (secondary N) is 1. The maximum Gasteiger partial charge on any atom is 0.305 e. The highest BCUT2D eigenvalue weighted by atomic mass is 32.1. The summed E-state index contributed by atoms with van der Waals surface area (Å²) in [5.41, 5.74) is -0.627. The zero-order chi connectivity index (χ0) is 16.5. The van der Waals surface area contributed by atoms with Gasteiger partial charge >= 0.3 is 5.97 Å². The molecule has 1 aliphatic heterocycles. The quantitative estimate of drug-likeness (QED) is 0.678. The molecule has 0 bridgehead atoms. The zero-order valence-corrected chi connectivity index (χ0v) is 14.2. The first-order valence-corrected chi connectivity index (χ1v) is 9.11. The molecular formula is C17H25NO4S. The second-order valence-electron chi connectivity index (χ2n) is 6.15. The second kappa shape index (κ2) is 9.03.